The van der Waals surface area contributed by atoms with Crippen molar-refractivity contribution in [3.05, 3.63) is 0 Å². The fraction of sp³-hybridized carbons (Fsp3) is 0.938. The van der Waals surface area contributed by atoms with Crippen LogP contribution in [0.4, 0.5) is 0 Å². The second-order valence-electron chi connectivity index (χ2n) is 7.73. The molecular weight excluding hydrogens is 250 g/mol. The van der Waals surface area contributed by atoms with Crippen molar-refractivity contribution in [1.82, 2.24) is 15.5 Å². The third kappa shape index (κ3) is 3.73. The van der Waals surface area contributed by atoms with E-state index < -0.39 is 5.54 Å². The van der Waals surface area contributed by atoms with Crippen LogP contribution in [-0.2, 0) is 4.79 Å². The Morgan fingerprint density at radius 3 is 2.55 bits per heavy atom. The Morgan fingerprint density at radius 2 is 1.95 bits per heavy atom. The summed E-state index contributed by atoms with van der Waals surface area (Å²) in [6, 6.07) is 0.355. The fourth-order valence-corrected chi connectivity index (χ4v) is 3.55. The molecular formula is C16H31N3O. The number of carbonyl (C=O) groups excluding carboxylic acids is 1. The molecule has 4 heteroatoms. The minimum Gasteiger partial charge on any atom is -0.352 e. The first-order chi connectivity index (χ1) is 9.31. The molecule has 1 aliphatic heterocycles. The van der Waals surface area contributed by atoms with Crippen molar-refractivity contribution in [1.29, 1.82) is 0 Å². The molecule has 2 rings (SSSR count). The fourth-order valence-electron chi connectivity index (χ4n) is 3.55. The molecule has 1 aliphatic carbocycles. The minimum atomic E-state index is -0.399. The van der Waals surface area contributed by atoms with Crippen molar-refractivity contribution >= 4 is 5.91 Å². The van der Waals surface area contributed by atoms with Crippen molar-refractivity contribution in [3.8, 4) is 0 Å². The van der Waals surface area contributed by atoms with Crippen LogP contribution in [0.15, 0.2) is 0 Å². The molecule has 20 heavy (non-hydrogen) atoms. The van der Waals surface area contributed by atoms with Gasteiger partial charge in [0.1, 0.15) is 0 Å². The summed E-state index contributed by atoms with van der Waals surface area (Å²) in [6.07, 6.45) is 4.75. The standard InChI is InChI=1S/C16H31N3O/c1-15(2)7-5-6-13(12-15)18-14(20)16(3,4)19-10-8-17-9-11-19/h13,17H,5-12H2,1-4H3,(H,18,20). The average molecular weight is 281 g/mol. The van der Waals surface area contributed by atoms with E-state index in [1.165, 1.54) is 12.8 Å². The first kappa shape index (κ1) is 15.8. The molecule has 116 valence electrons. The van der Waals surface area contributed by atoms with Gasteiger partial charge >= 0.3 is 0 Å². The van der Waals surface area contributed by atoms with Crippen molar-refractivity contribution in [2.45, 2.75) is 65.0 Å². The molecule has 1 unspecified atom stereocenters. The molecule has 2 N–H and O–H groups in total. The lowest BCUT2D eigenvalue weighted by Crippen LogP contribution is -2.61. The normalized spacial score (nSPS) is 28.1. The van der Waals surface area contributed by atoms with E-state index in [1.54, 1.807) is 0 Å². The van der Waals surface area contributed by atoms with Crippen molar-refractivity contribution < 1.29 is 4.79 Å². The first-order valence-corrected chi connectivity index (χ1v) is 8.08. The van der Waals surface area contributed by atoms with Crippen LogP contribution < -0.4 is 10.6 Å². The lowest BCUT2D eigenvalue weighted by molar-refractivity contribution is -0.133. The Kier molecular flexibility index (Phi) is 4.75. The van der Waals surface area contributed by atoms with Crippen LogP contribution in [0.5, 0.6) is 0 Å². The molecule has 1 amide bonds. The molecule has 4 nitrogen and oxygen atoms in total. The van der Waals surface area contributed by atoms with E-state index in [2.05, 4.69) is 43.2 Å². The number of hydrogen-bond donors (Lipinski definition) is 2. The zero-order valence-electron chi connectivity index (χ0n) is 13.6. The van der Waals surface area contributed by atoms with E-state index in [0.717, 1.165) is 39.0 Å². The third-order valence-electron chi connectivity index (χ3n) is 5.00. The zero-order valence-corrected chi connectivity index (χ0v) is 13.6. The molecule has 0 bridgehead atoms. The molecule has 2 aliphatic rings. The molecule has 0 aromatic carbocycles. The average Bonchev–Trinajstić information content (AvgIpc) is 2.38. The van der Waals surface area contributed by atoms with Gasteiger partial charge in [0.15, 0.2) is 0 Å². The van der Waals surface area contributed by atoms with Gasteiger partial charge in [-0.05, 0) is 38.5 Å². The van der Waals surface area contributed by atoms with E-state index in [0.29, 0.717) is 11.5 Å². The topological polar surface area (TPSA) is 44.4 Å². The first-order valence-electron chi connectivity index (χ1n) is 8.08. The largest absolute Gasteiger partial charge is 0.352 e. The van der Waals surface area contributed by atoms with E-state index in [-0.39, 0.29) is 5.91 Å². The second-order valence-corrected chi connectivity index (χ2v) is 7.73. The Morgan fingerprint density at radius 1 is 1.30 bits per heavy atom. The zero-order chi connectivity index (χ0) is 14.8. The van der Waals surface area contributed by atoms with Crippen molar-refractivity contribution in [2.75, 3.05) is 26.2 Å². The van der Waals surface area contributed by atoms with Crippen LogP contribution in [-0.4, -0.2) is 48.6 Å². The maximum atomic E-state index is 12.7. The number of piperazine rings is 1. The summed E-state index contributed by atoms with van der Waals surface area (Å²) >= 11 is 0. The lowest BCUT2D eigenvalue weighted by Gasteiger charge is -2.42. The van der Waals surface area contributed by atoms with E-state index in [1.807, 2.05) is 0 Å². The number of carbonyl (C=O) groups is 1. The predicted octanol–water partition coefficient (Wildman–Crippen LogP) is 1.76. The van der Waals surface area contributed by atoms with Gasteiger partial charge in [-0.1, -0.05) is 20.3 Å². The summed E-state index contributed by atoms with van der Waals surface area (Å²) < 4.78 is 0. The van der Waals surface area contributed by atoms with Gasteiger partial charge in [0.2, 0.25) is 5.91 Å². The molecule has 1 saturated carbocycles. The van der Waals surface area contributed by atoms with Gasteiger partial charge in [-0.2, -0.15) is 0 Å². The van der Waals surface area contributed by atoms with Gasteiger partial charge in [0, 0.05) is 32.2 Å². The monoisotopic (exact) mass is 281 g/mol. The van der Waals surface area contributed by atoms with Crippen LogP contribution in [0.3, 0.4) is 0 Å². The van der Waals surface area contributed by atoms with Gasteiger partial charge < -0.3 is 10.6 Å². The summed E-state index contributed by atoms with van der Waals surface area (Å²) in [5.41, 5.74) is -0.0287. The number of rotatable bonds is 3. The number of hydrogen-bond acceptors (Lipinski definition) is 3. The van der Waals surface area contributed by atoms with Crippen molar-refractivity contribution in [2.24, 2.45) is 5.41 Å². The summed E-state index contributed by atoms with van der Waals surface area (Å²) in [7, 11) is 0. The van der Waals surface area contributed by atoms with E-state index in [4.69, 9.17) is 0 Å². The van der Waals surface area contributed by atoms with Crippen LogP contribution in [0, 0.1) is 5.41 Å². The molecule has 0 aromatic rings. The Hall–Kier alpha value is -0.610. The summed E-state index contributed by atoms with van der Waals surface area (Å²) in [5.74, 6) is 0.196. The maximum Gasteiger partial charge on any atom is 0.240 e. The highest BCUT2D eigenvalue weighted by Gasteiger charge is 2.37. The maximum absolute atomic E-state index is 12.7. The summed E-state index contributed by atoms with van der Waals surface area (Å²) in [5, 5.41) is 6.66. The second kappa shape index (κ2) is 6.02. The molecule has 1 atom stereocenters. The highest BCUT2D eigenvalue weighted by molar-refractivity contribution is 5.85. The molecule has 0 radical (unpaired) electrons. The Balaban J connectivity index is 1.92. The van der Waals surface area contributed by atoms with Gasteiger partial charge in [-0.3, -0.25) is 9.69 Å². The summed E-state index contributed by atoms with van der Waals surface area (Å²) in [6.45, 7) is 12.6. The van der Waals surface area contributed by atoms with Crippen LogP contribution in [0.25, 0.3) is 0 Å². The number of amides is 1. The molecule has 2 fully saturated rings. The molecule has 1 heterocycles. The molecule has 0 spiro atoms. The van der Waals surface area contributed by atoms with Crippen LogP contribution >= 0.6 is 0 Å². The van der Waals surface area contributed by atoms with E-state index >= 15 is 0 Å². The van der Waals surface area contributed by atoms with Crippen LogP contribution in [0.2, 0.25) is 0 Å². The lowest BCUT2D eigenvalue weighted by atomic mass is 9.75. The minimum absolute atomic E-state index is 0.196. The summed E-state index contributed by atoms with van der Waals surface area (Å²) in [4.78, 5) is 15.0. The predicted molar refractivity (Wildman–Crippen MR) is 82.7 cm³/mol. The molecule has 1 saturated heterocycles. The number of nitrogens with one attached hydrogen (secondary N) is 2. The smallest absolute Gasteiger partial charge is 0.240 e. The van der Waals surface area contributed by atoms with Crippen LogP contribution in [0.1, 0.15) is 53.4 Å². The quantitative estimate of drug-likeness (QED) is 0.828. The van der Waals surface area contributed by atoms with Gasteiger partial charge in [-0.15, -0.1) is 0 Å². The number of nitrogens with zero attached hydrogens (tertiary/aromatic N) is 1. The SMILES string of the molecule is CC1(C)CCCC(NC(=O)C(C)(C)N2CCNCC2)C1. The van der Waals surface area contributed by atoms with Crippen molar-refractivity contribution in [3.63, 3.8) is 0 Å². The Bertz CT molecular complexity index is 346. The molecule has 0 aromatic heterocycles. The highest BCUT2D eigenvalue weighted by Crippen LogP contribution is 2.35. The Labute approximate surface area is 123 Å². The van der Waals surface area contributed by atoms with Gasteiger partial charge in [0.25, 0.3) is 0 Å². The highest BCUT2D eigenvalue weighted by atomic mass is 16.2. The van der Waals surface area contributed by atoms with Gasteiger partial charge in [0.05, 0.1) is 5.54 Å². The van der Waals surface area contributed by atoms with Gasteiger partial charge in [-0.25, -0.2) is 0 Å². The van der Waals surface area contributed by atoms with E-state index in [9.17, 15) is 4.79 Å². The third-order valence-corrected chi connectivity index (χ3v) is 5.00.